The summed E-state index contributed by atoms with van der Waals surface area (Å²) < 4.78 is 15.1. The number of aliphatic hydroxyl groups is 1. The van der Waals surface area contributed by atoms with Crippen LogP contribution in [0.15, 0.2) is 24.3 Å². The summed E-state index contributed by atoms with van der Waals surface area (Å²) in [6.45, 7) is 1.47. The van der Waals surface area contributed by atoms with Crippen LogP contribution in [0.5, 0.6) is 0 Å². The van der Waals surface area contributed by atoms with Crippen LogP contribution in [0.1, 0.15) is 15.9 Å². The van der Waals surface area contributed by atoms with E-state index in [0.717, 1.165) is 5.56 Å². The molecule has 0 spiro atoms. The predicted octanol–water partition coefficient (Wildman–Crippen LogP) is 0.999. The number of hydrogen-bond acceptors (Lipinski definition) is 5. The van der Waals surface area contributed by atoms with Gasteiger partial charge in [-0.25, -0.2) is 4.79 Å². The molecule has 0 aliphatic carbocycles. The number of carbonyl (C=O) groups excluding carboxylic acids is 1. The van der Waals surface area contributed by atoms with Crippen LogP contribution in [0.3, 0.4) is 0 Å². The molecule has 0 saturated carbocycles. The van der Waals surface area contributed by atoms with E-state index in [0.29, 0.717) is 32.0 Å². The van der Waals surface area contributed by atoms with Crippen molar-refractivity contribution in [3.8, 4) is 0 Å². The zero-order valence-electron chi connectivity index (χ0n) is 10.4. The third kappa shape index (κ3) is 4.83. The van der Waals surface area contributed by atoms with Crippen LogP contribution >= 0.6 is 0 Å². The van der Waals surface area contributed by atoms with Gasteiger partial charge >= 0.3 is 5.97 Å². The van der Waals surface area contributed by atoms with Crippen LogP contribution < -0.4 is 0 Å². The van der Waals surface area contributed by atoms with Gasteiger partial charge in [0.05, 0.1) is 45.7 Å². The maximum absolute atomic E-state index is 11.5. The van der Waals surface area contributed by atoms with Crippen LogP contribution in [0, 0.1) is 0 Å². The molecule has 0 heterocycles. The van der Waals surface area contributed by atoms with Gasteiger partial charge in [-0.05, 0) is 11.6 Å². The van der Waals surface area contributed by atoms with Gasteiger partial charge < -0.3 is 19.3 Å². The molecule has 18 heavy (non-hydrogen) atoms. The van der Waals surface area contributed by atoms with Crippen LogP contribution in [0.2, 0.25) is 0 Å². The molecule has 1 rings (SSSR count). The second kappa shape index (κ2) is 8.63. The molecule has 0 atom stereocenters. The second-order valence-electron chi connectivity index (χ2n) is 3.54. The van der Waals surface area contributed by atoms with E-state index in [1.165, 1.54) is 7.11 Å². The Kier molecular flexibility index (Phi) is 7.01. The van der Waals surface area contributed by atoms with Crippen LogP contribution in [-0.2, 0) is 20.8 Å². The van der Waals surface area contributed by atoms with E-state index in [9.17, 15) is 4.79 Å². The molecule has 0 aromatic heterocycles. The maximum atomic E-state index is 11.5. The van der Waals surface area contributed by atoms with E-state index >= 15 is 0 Å². The van der Waals surface area contributed by atoms with E-state index in [4.69, 9.17) is 14.6 Å². The summed E-state index contributed by atoms with van der Waals surface area (Å²) in [5.41, 5.74) is 1.29. The lowest BCUT2D eigenvalue weighted by atomic mass is 10.1. The fraction of sp³-hybridized carbons (Fsp3) is 0.462. The molecule has 100 valence electrons. The maximum Gasteiger partial charge on any atom is 0.338 e. The van der Waals surface area contributed by atoms with E-state index in [2.05, 4.69) is 4.74 Å². The molecule has 0 radical (unpaired) electrons. The second-order valence-corrected chi connectivity index (χ2v) is 3.54. The highest BCUT2D eigenvalue weighted by Crippen LogP contribution is 2.11. The molecule has 0 amide bonds. The molecule has 1 N–H and O–H groups in total. The highest BCUT2D eigenvalue weighted by molar-refractivity contribution is 5.90. The molecule has 5 nitrogen and oxygen atoms in total. The van der Waals surface area contributed by atoms with Gasteiger partial charge in [-0.3, -0.25) is 0 Å². The minimum absolute atomic E-state index is 0.00513. The summed E-state index contributed by atoms with van der Waals surface area (Å²) in [6, 6.07) is 7.14. The summed E-state index contributed by atoms with van der Waals surface area (Å²) in [6.07, 6.45) is 0. The highest BCUT2D eigenvalue weighted by atomic mass is 16.5. The molecule has 0 unspecified atom stereocenters. The monoisotopic (exact) mass is 254 g/mol. The minimum Gasteiger partial charge on any atom is -0.465 e. The smallest absolute Gasteiger partial charge is 0.338 e. The van der Waals surface area contributed by atoms with Crippen molar-refractivity contribution in [3.63, 3.8) is 0 Å². The lowest BCUT2D eigenvalue weighted by molar-refractivity contribution is 0.0268. The molecule has 1 aromatic rings. The number of hydrogen-bond donors (Lipinski definition) is 1. The van der Waals surface area contributed by atoms with E-state index in [1.54, 1.807) is 12.1 Å². The van der Waals surface area contributed by atoms with E-state index in [1.807, 2.05) is 12.1 Å². The van der Waals surface area contributed by atoms with Crippen LogP contribution in [-0.4, -0.2) is 44.6 Å². The number of carbonyl (C=O) groups is 1. The predicted molar refractivity (Wildman–Crippen MR) is 65.3 cm³/mol. The average Bonchev–Trinajstić information content (AvgIpc) is 2.42. The SMILES string of the molecule is COC(=O)c1ccccc1COCCOCCO. The molecule has 0 saturated heterocycles. The van der Waals surface area contributed by atoms with Gasteiger partial charge in [0.1, 0.15) is 0 Å². The van der Waals surface area contributed by atoms with Gasteiger partial charge in [0.15, 0.2) is 0 Å². The summed E-state index contributed by atoms with van der Waals surface area (Å²) in [5.74, 6) is -0.370. The quantitative estimate of drug-likeness (QED) is 0.554. The number of ether oxygens (including phenoxy) is 3. The summed E-state index contributed by atoms with van der Waals surface area (Å²) >= 11 is 0. The fourth-order valence-corrected chi connectivity index (χ4v) is 1.42. The first kappa shape index (κ1) is 14.6. The Morgan fingerprint density at radius 3 is 2.61 bits per heavy atom. The molecule has 5 heteroatoms. The van der Waals surface area contributed by atoms with Crippen molar-refractivity contribution in [2.75, 3.05) is 33.5 Å². The molecular weight excluding hydrogens is 236 g/mol. The van der Waals surface area contributed by atoms with E-state index in [-0.39, 0.29) is 12.6 Å². The standard InChI is InChI=1S/C13H18O5/c1-16-13(15)12-5-3-2-4-11(12)10-18-9-8-17-7-6-14/h2-5,14H,6-10H2,1H3. The van der Waals surface area contributed by atoms with Gasteiger partial charge in [0.2, 0.25) is 0 Å². The average molecular weight is 254 g/mol. The van der Waals surface area contributed by atoms with Crippen molar-refractivity contribution >= 4 is 5.97 Å². The van der Waals surface area contributed by atoms with Crippen LogP contribution in [0.4, 0.5) is 0 Å². The van der Waals surface area contributed by atoms with Gasteiger partial charge in [0, 0.05) is 0 Å². The Labute approximate surface area is 106 Å². The number of methoxy groups -OCH3 is 1. The minimum atomic E-state index is -0.370. The largest absolute Gasteiger partial charge is 0.465 e. The Morgan fingerprint density at radius 2 is 1.89 bits per heavy atom. The first-order chi connectivity index (χ1) is 8.79. The molecule has 0 bridgehead atoms. The zero-order valence-corrected chi connectivity index (χ0v) is 10.4. The highest BCUT2D eigenvalue weighted by Gasteiger charge is 2.10. The number of benzene rings is 1. The summed E-state index contributed by atoms with van der Waals surface area (Å²) in [7, 11) is 1.35. The molecule has 0 aliphatic rings. The summed E-state index contributed by atoms with van der Waals surface area (Å²) in [4.78, 5) is 11.5. The zero-order chi connectivity index (χ0) is 13.2. The third-order valence-electron chi connectivity index (χ3n) is 2.29. The molecule has 0 fully saturated rings. The van der Waals surface area contributed by atoms with Crippen molar-refractivity contribution in [2.45, 2.75) is 6.61 Å². The van der Waals surface area contributed by atoms with Crippen LogP contribution in [0.25, 0.3) is 0 Å². The number of aliphatic hydroxyl groups excluding tert-OH is 1. The molecule has 0 aliphatic heterocycles. The lowest BCUT2D eigenvalue weighted by Gasteiger charge is -2.08. The van der Waals surface area contributed by atoms with Gasteiger partial charge in [-0.15, -0.1) is 0 Å². The molecule has 1 aromatic carbocycles. The number of rotatable bonds is 8. The van der Waals surface area contributed by atoms with Crippen molar-refractivity contribution in [3.05, 3.63) is 35.4 Å². The lowest BCUT2D eigenvalue weighted by Crippen LogP contribution is -2.10. The van der Waals surface area contributed by atoms with E-state index < -0.39 is 0 Å². The van der Waals surface area contributed by atoms with Crippen molar-refractivity contribution in [1.29, 1.82) is 0 Å². The van der Waals surface area contributed by atoms with Crippen molar-refractivity contribution in [1.82, 2.24) is 0 Å². The van der Waals surface area contributed by atoms with Gasteiger partial charge in [0.25, 0.3) is 0 Å². The molecular formula is C13H18O5. The van der Waals surface area contributed by atoms with Crippen molar-refractivity contribution < 1.29 is 24.1 Å². The Morgan fingerprint density at radius 1 is 1.17 bits per heavy atom. The normalized spacial score (nSPS) is 10.3. The number of esters is 1. The van der Waals surface area contributed by atoms with Gasteiger partial charge in [-0.2, -0.15) is 0 Å². The Hall–Kier alpha value is -1.43. The third-order valence-corrected chi connectivity index (χ3v) is 2.29. The Balaban J connectivity index is 2.39. The summed E-state index contributed by atoms with van der Waals surface area (Å²) in [5, 5.41) is 8.51. The van der Waals surface area contributed by atoms with Crippen molar-refractivity contribution in [2.24, 2.45) is 0 Å². The first-order valence-electron chi connectivity index (χ1n) is 5.72. The first-order valence-corrected chi connectivity index (χ1v) is 5.72. The Bertz CT molecular complexity index is 364. The fourth-order valence-electron chi connectivity index (χ4n) is 1.42. The van der Waals surface area contributed by atoms with Gasteiger partial charge in [-0.1, -0.05) is 18.2 Å². The topological polar surface area (TPSA) is 65.0 Å².